The van der Waals surface area contributed by atoms with Crippen LogP contribution in [0.1, 0.15) is 5.56 Å². The lowest BCUT2D eigenvalue weighted by Crippen LogP contribution is -1.86. The summed E-state index contributed by atoms with van der Waals surface area (Å²) in [5, 5.41) is 12.8. The minimum absolute atomic E-state index is 0.295. The molecule has 2 aromatic carbocycles. The van der Waals surface area contributed by atoms with Gasteiger partial charge < -0.3 is 0 Å². The Kier molecular flexibility index (Phi) is 2.57. The Hall–Kier alpha value is -2.76. The van der Waals surface area contributed by atoms with Crippen molar-refractivity contribution in [1.82, 2.24) is 20.0 Å². The fourth-order valence-corrected chi connectivity index (χ4v) is 2.80. The van der Waals surface area contributed by atoms with E-state index in [0.717, 1.165) is 16.6 Å². The van der Waals surface area contributed by atoms with Gasteiger partial charge in [-0.3, -0.25) is 9.78 Å². The van der Waals surface area contributed by atoms with E-state index in [-0.39, 0.29) is 11.6 Å². The van der Waals surface area contributed by atoms with Crippen LogP contribution in [0.2, 0.25) is 0 Å². The van der Waals surface area contributed by atoms with Gasteiger partial charge in [0, 0.05) is 35.1 Å². The number of aromatic amines is 1. The minimum atomic E-state index is -0.370. The molecule has 0 radical (unpaired) electrons. The predicted octanol–water partition coefficient (Wildman–Crippen LogP) is 3.70. The summed E-state index contributed by atoms with van der Waals surface area (Å²) < 4.78 is 29.1. The Morgan fingerprint density at radius 2 is 1.77 bits per heavy atom. The number of H-pyrrole nitrogens is 1. The first-order valence-corrected chi connectivity index (χ1v) is 6.81. The van der Waals surface area contributed by atoms with Crippen LogP contribution in [-0.4, -0.2) is 20.0 Å². The topological polar surface area (TPSA) is 46.5 Å². The van der Waals surface area contributed by atoms with Gasteiger partial charge in [0.1, 0.15) is 11.3 Å². The lowest BCUT2D eigenvalue weighted by Gasteiger charge is -2.02. The van der Waals surface area contributed by atoms with Crippen molar-refractivity contribution in [2.45, 2.75) is 6.92 Å². The van der Waals surface area contributed by atoms with Crippen LogP contribution in [-0.2, 0) is 7.05 Å². The van der Waals surface area contributed by atoms with Crippen LogP contribution in [0.25, 0.3) is 33.1 Å². The minimum Gasteiger partial charge on any atom is -0.277 e. The van der Waals surface area contributed by atoms with Crippen LogP contribution in [0.5, 0.6) is 0 Å². The van der Waals surface area contributed by atoms with Crippen molar-refractivity contribution in [1.29, 1.82) is 0 Å². The molecule has 6 heteroatoms. The van der Waals surface area contributed by atoms with Gasteiger partial charge in [-0.05, 0) is 31.2 Å². The summed E-state index contributed by atoms with van der Waals surface area (Å²) in [5.74, 6) is -0.665. The molecule has 4 rings (SSSR count). The second-order valence-corrected chi connectivity index (χ2v) is 5.33. The number of aryl methyl sites for hydroxylation is 2. The third-order valence-corrected chi connectivity index (χ3v) is 3.92. The lowest BCUT2D eigenvalue weighted by molar-refractivity contribution is 0.620. The van der Waals surface area contributed by atoms with E-state index in [1.165, 1.54) is 12.1 Å². The summed E-state index contributed by atoms with van der Waals surface area (Å²) in [6.07, 6.45) is 1.76. The highest BCUT2D eigenvalue weighted by Gasteiger charge is 2.16. The van der Waals surface area contributed by atoms with E-state index in [2.05, 4.69) is 15.3 Å². The Morgan fingerprint density at radius 3 is 2.59 bits per heavy atom. The summed E-state index contributed by atoms with van der Waals surface area (Å²) >= 11 is 0. The molecule has 4 nitrogen and oxygen atoms in total. The number of aromatic nitrogens is 4. The van der Waals surface area contributed by atoms with Crippen molar-refractivity contribution in [3.63, 3.8) is 0 Å². The zero-order valence-corrected chi connectivity index (χ0v) is 12.0. The van der Waals surface area contributed by atoms with Gasteiger partial charge in [0.25, 0.3) is 0 Å². The van der Waals surface area contributed by atoms with E-state index in [1.807, 2.05) is 0 Å². The van der Waals surface area contributed by atoms with E-state index < -0.39 is 0 Å². The van der Waals surface area contributed by atoms with Gasteiger partial charge in [0.05, 0.1) is 11.2 Å². The van der Waals surface area contributed by atoms with Gasteiger partial charge in [0.15, 0.2) is 5.82 Å². The quantitative estimate of drug-likeness (QED) is 0.582. The number of hydrogen-bond acceptors (Lipinski definition) is 2. The Labute approximate surface area is 124 Å². The summed E-state index contributed by atoms with van der Waals surface area (Å²) in [4.78, 5) is 0. The SMILES string of the molecule is Cc1c(F)ccc2c(-c3ccc(F)c4nn(C)cc34)[nH]nc12. The molecule has 2 aromatic heterocycles. The number of nitrogens with one attached hydrogen (secondary N) is 1. The molecule has 0 bridgehead atoms. The molecular weight excluding hydrogens is 286 g/mol. The smallest absolute Gasteiger partial charge is 0.151 e. The normalized spacial score (nSPS) is 11.6. The molecule has 0 aliphatic heterocycles. The summed E-state index contributed by atoms with van der Waals surface area (Å²) in [6.45, 7) is 1.69. The largest absolute Gasteiger partial charge is 0.277 e. The first kappa shape index (κ1) is 12.9. The Balaban J connectivity index is 2.08. The van der Waals surface area contributed by atoms with Gasteiger partial charge in [-0.25, -0.2) is 8.78 Å². The van der Waals surface area contributed by atoms with E-state index >= 15 is 0 Å². The van der Waals surface area contributed by atoms with Crippen molar-refractivity contribution in [3.8, 4) is 11.3 Å². The molecule has 0 spiro atoms. The monoisotopic (exact) mass is 298 g/mol. The highest BCUT2D eigenvalue weighted by atomic mass is 19.1. The molecule has 0 fully saturated rings. The van der Waals surface area contributed by atoms with Crippen LogP contribution in [0.15, 0.2) is 30.5 Å². The third kappa shape index (κ3) is 1.67. The zero-order chi connectivity index (χ0) is 15.4. The number of hydrogen-bond donors (Lipinski definition) is 1. The summed E-state index contributed by atoms with van der Waals surface area (Å²) in [7, 11) is 1.74. The van der Waals surface area contributed by atoms with E-state index in [4.69, 9.17) is 0 Å². The molecule has 22 heavy (non-hydrogen) atoms. The molecule has 1 N–H and O–H groups in total. The van der Waals surface area contributed by atoms with Crippen molar-refractivity contribution in [2.75, 3.05) is 0 Å². The molecule has 4 aromatic rings. The predicted molar refractivity (Wildman–Crippen MR) is 80.5 cm³/mol. The Morgan fingerprint density at radius 1 is 1.00 bits per heavy atom. The molecule has 0 aliphatic rings. The maximum absolute atomic E-state index is 13.9. The lowest BCUT2D eigenvalue weighted by atomic mass is 10.0. The van der Waals surface area contributed by atoms with Gasteiger partial charge in [0.2, 0.25) is 0 Å². The second kappa shape index (κ2) is 4.37. The van der Waals surface area contributed by atoms with Crippen LogP contribution in [0.4, 0.5) is 8.78 Å². The van der Waals surface area contributed by atoms with Crippen molar-refractivity contribution in [3.05, 3.63) is 47.7 Å². The summed E-state index contributed by atoms with van der Waals surface area (Å²) in [5.41, 5.74) is 2.90. The van der Waals surface area contributed by atoms with E-state index in [9.17, 15) is 8.78 Å². The number of halogens is 2. The third-order valence-electron chi connectivity index (χ3n) is 3.92. The zero-order valence-electron chi connectivity index (χ0n) is 12.0. The molecule has 0 amide bonds. The van der Waals surface area contributed by atoms with Crippen LogP contribution in [0.3, 0.4) is 0 Å². The van der Waals surface area contributed by atoms with Gasteiger partial charge in [-0.1, -0.05) is 0 Å². The fourth-order valence-electron chi connectivity index (χ4n) is 2.80. The van der Waals surface area contributed by atoms with Gasteiger partial charge in [-0.15, -0.1) is 0 Å². The second-order valence-electron chi connectivity index (χ2n) is 5.33. The molecule has 2 heterocycles. The van der Waals surface area contributed by atoms with E-state index in [1.54, 1.807) is 37.0 Å². The number of rotatable bonds is 1. The van der Waals surface area contributed by atoms with Gasteiger partial charge in [-0.2, -0.15) is 10.2 Å². The average Bonchev–Trinajstić information content (AvgIpc) is 3.08. The van der Waals surface area contributed by atoms with Crippen molar-refractivity contribution < 1.29 is 8.78 Å². The Bertz CT molecular complexity index is 1030. The molecule has 110 valence electrons. The fraction of sp³-hybridized carbons (Fsp3) is 0.125. The number of nitrogens with zero attached hydrogens (tertiary/aromatic N) is 3. The summed E-state index contributed by atoms with van der Waals surface area (Å²) in [6, 6.07) is 6.17. The number of fused-ring (bicyclic) bond motifs is 2. The first-order valence-electron chi connectivity index (χ1n) is 6.81. The van der Waals surface area contributed by atoms with Crippen LogP contribution < -0.4 is 0 Å². The maximum Gasteiger partial charge on any atom is 0.151 e. The average molecular weight is 298 g/mol. The standard InChI is InChI=1S/C16H12F2N4/c1-8-12(17)5-4-10-14(8)19-20-15(10)9-3-6-13(18)16-11(9)7-22(2)21-16/h3-7H,1-2H3,(H,19,20). The molecule has 0 aliphatic carbocycles. The van der Waals surface area contributed by atoms with Crippen LogP contribution >= 0.6 is 0 Å². The van der Waals surface area contributed by atoms with E-state index in [0.29, 0.717) is 22.0 Å². The molecule has 0 saturated heterocycles. The number of benzene rings is 2. The van der Waals surface area contributed by atoms with Crippen molar-refractivity contribution in [2.24, 2.45) is 7.05 Å². The highest BCUT2D eigenvalue weighted by Crippen LogP contribution is 2.34. The maximum atomic E-state index is 13.9. The molecular formula is C16H12F2N4. The van der Waals surface area contributed by atoms with Gasteiger partial charge >= 0.3 is 0 Å². The first-order chi connectivity index (χ1) is 10.6. The molecule has 0 atom stereocenters. The molecule has 0 unspecified atom stereocenters. The van der Waals surface area contributed by atoms with Crippen LogP contribution in [0, 0.1) is 18.6 Å². The van der Waals surface area contributed by atoms with Crippen molar-refractivity contribution >= 4 is 21.8 Å². The highest BCUT2D eigenvalue weighted by molar-refractivity contribution is 6.03. The molecule has 0 saturated carbocycles.